The van der Waals surface area contributed by atoms with Crippen molar-refractivity contribution in [2.75, 3.05) is 19.6 Å². The third-order valence-electron chi connectivity index (χ3n) is 5.08. The second-order valence-corrected chi connectivity index (χ2v) is 7.27. The zero-order chi connectivity index (χ0) is 15.4. The van der Waals surface area contributed by atoms with Crippen molar-refractivity contribution < 1.29 is 21.6 Å². The van der Waals surface area contributed by atoms with Gasteiger partial charge in [0.15, 0.2) is 11.8 Å². The first-order valence-corrected chi connectivity index (χ1v) is 8.75. The lowest BCUT2D eigenvalue weighted by molar-refractivity contribution is -0.597. The van der Waals surface area contributed by atoms with Crippen molar-refractivity contribution in [2.45, 2.75) is 51.5 Å². The molecule has 1 saturated heterocycles. The molecule has 2 heterocycles. The van der Waals surface area contributed by atoms with Crippen LogP contribution in [-0.4, -0.2) is 40.9 Å². The van der Waals surface area contributed by atoms with E-state index in [1.165, 1.54) is 37.9 Å². The van der Waals surface area contributed by atoms with Crippen LogP contribution in [0.1, 0.15) is 45.1 Å². The number of halogens is 1. The lowest BCUT2D eigenvalue weighted by Crippen LogP contribution is -3.00. The molecule has 3 heteroatoms. The highest BCUT2D eigenvalue weighted by Crippen LogP contribution is 2.27. The number of hydrogen-bond acceptors (Lipinski definition) is 1. The summed E-state index contributed by atoms with van der Waals surface area (Å²) >= 11 is 0. The zero-order valence-electron chi connectivity index (χ0n) is 14.5. The van der Waals surface area contributed by atoms with Crippen molar-refractivity contribution in [3.63, 3.8) is 0 Å². The molecule has 2 aliphatic heterocycles. The molecule has 0 radical (unpaired) electrons. The van der Waals surface area contributed by atoms with Crippen LogP contribution in [0.5, 0.6) is 0 Å². The molecule has 23 heavy (non-hydrogen) atoms. The van der Waals surface area contributed by atoms with Crippen LogP contribution in [0.4, 0.5) is 0 Å². The van der Waals surface area contributed by atoms with Crippen LogP contribution in [0.15, 0.2) is 42.1 Å². The van der Waals surface area contributed by atoms with Gasteiger partial charge in [0, 0.05) is 45.1 Å². The van der Waals surface area contributed by atoms with Crippen LogP contribution in [0.3, 0.4) is 0 Å². The van der Waals surface area contributed by atoms with Gasteiger partial charge in [-0.1, -0.05) is 30.3 Å². The molecule has 0 bridgehead atoms. The lowest BCUT2D eigenvalue weighted by Gasteiger charge is -2.36. The van der Waals surface area contributed by atoms with Gasteiger partial charge in [-0.05, 0) is 24.8 Å². The maximum Gasteiger partial charge on any atom is 0.165 e. The van der Waals surface area contributed by atoms with Gasteiger partial charge in [0.25, 0.3) is 0 Å². The van der Waals surface area contributed by atoms with E-state index in [4.69, 9.17) is 0 Å². The van der Waals surface area contributed by atoms with E-state index in [9.17, 15) is 0 Å². The summed E-state index contributed by atoms with van der Waals surface area (Å²) in [5.74, 6) is 0. The van der Waals surface area contributed by atoms with Gasteiger partial charge in [0.2, 0.25) is 0 Å². The Bertz CT molecular complexity index is 554. The maximum atomic E-state index is 2.61. The Labute approximate surface area is 151 Å². The van der Waals surface area contributed by atoms with Crippen molar-refractivity contribution in [2.24, 2.45) is 0 Å². The van der Waals surface area contributed by atoms with E-state index in [2.05, 4.69) is 65.9 Å². The molecule has 0 N–H and O–H groups in total. The first-order valence-electron chi connectivity index (χ1n) is 8.75. The van der Waals surface area contributed by atoms with E-state index in [0.29, 0.717) is 0 Å². The van der Waals surface area contributed by atoms with Gasteiger partial charge in [0.1, 0.15) is 6.54 Å². The third-order valence-corrected chi connectivity index (χ3v) is 5.08. The van der Waals surface area contributed by atoms with E-state index < -0.39 is 0 Å². The Morgan fingerprint density at radius 2 is 1.74 bits per heavy atom. The fourth-order valence-electron chi connectivity index (χ4n) is 3.65. The molecule has 0 amide bonds. The normalized spacial score (nSPS) is 20.3. The monoisotopic (exact) mass is 376 g/mol. The number of piperidine rings is 1. The van der Waals surface area contributed by atoms with Crippen molar-refractivity contribution in [3.05, 3.63) is 47.7 Å². The topological polar surface area (TPSA) is 6.25 Å². The molecule has 2 nitrogen and oxygen atoms in total. The maximum absolute atomic E-state index is 2.61. The van der Waals surface area contributed by atoms with Gasteiger partial charge in [0.05, 0.1) is 6.42 Å². The van der Waals surface area contributed by atoms with Crippen molar-refractivity contribution in [3.8, 4) is 0 Å². The van der Waals surface area contributed by atoms with Gasteiger partial charge < -0.3 is 21.9 Å². The highest BCUT2D eigenvalue weighted by molar-refractivity contribution is 5.68. The fraction of sp³-hybridized carbons (Fsp3) is 0.550. The van der Waals surface area contributed by atoms with E-state index in [1.54, 1.807) is 5.70 Å². The van der Waals surface area contributed by atoms with Gasteiger partial charge in [-0.15, -0.1) is 0 Å². The minimum absolute atomic E-state index is 0. The number of rotatable bonds is 4. The number of nitrogens with zero attached hydrogens (tertiary/aromatic N) is 2. The summed E-state index contributed by atoms with van der Waals surface area (Å²) in [7, 11) is 0. The molecule has 2 aliphatic rings. The van der Waals surface area contributed by atoms with Crippen molar-refractivity contribution in [1.82, 2.24) is 4.90 Å². The highest BCUT2D eigenvalue weighted by Gasteiger charge is 2.35. The van der Waals surface area contributed by atoms with Crippen molar-refractivity contribution >= 4 is 6.21 Å². The molecular formula is C20H29BrN2. The summed E-state index contributed by atoms with van der Waals surface area (Å²) in [6.07, 6.45) is 11.1. The second kappa shape index (κ2) is 8.14. The summed E-state index contributed by atoms with van der Waals surface area (Å²) in [5.41, 5.74) is 3.19. The summed E-state index contributed by atoms with van der Waals surface area (Å²) in [4.78, 5) is 2.61. The largest absolute Gasteiger partial charge is 1.00 e. The highest BCUT2D eigenvalue weighted by atomic mass is 79.9. The average molecular weight is 377 g/mol. The number of hydrogen-bond donors (Lipinski definition) is 0. The molecule has 1 fully saturated rings. The second-order valence-electron chi connectivity index (χ2n) is 7.27. The average Bonchev–Trinajstić information content (AvgIpc) is 2.55. The third kappa shape index (κ3) is 4.69. The first kappa shape index (κ1) is 18.3. The quantitative estimate of drug-likeness (QED) is 0.706. The molecule has 0 aliphatic carbocycles. The molecule has 1 aromatic rings. The van der Waals surface area contributed by atoms with Crippen LogP contribution in [0.25, 0.3) is 0 Å². The minimum atomic E-state index is 0. The smallest absolute Gasteiger partial charge is 0.165 e. The molecule has 0 aromatic heterocycles. The number of allylic oxidation sites excluding steroid dienone is 1. The molecule has 1 aromatic carbocycles. The molecular weight excluding hydrogens is 348 g/mol. The van der Waals surface area contributed by atoms with Crippen LogP contribution >= 0.6 is 0 Å². The number of likely N-dealkylation sites (tertiary alicyclic amines) is 1. The van der Waals surface area contributed by atoms with E-state index >= 15 is 0 Å². The molecule has 3 rings (SSSR count). The number of benzene rings is 1. The van der Waals surface area contributed by atoms with E-state index in [0.717, 1.165) is 19.4 Å². The Morgan fingerprint density at radius 3 is 2.39 bits per heavy atom. The van der Waals surface area contributed by atoms with Gasteiger partial charge in [-0.2, -0.15) is 0 Å². The van der Waals surface area contributed by atoms with E-state index in [1.807, 2.05) is 0 Å². The Morgan fingerprint density at radius 1 is 1.04 bits per heavy atom. The molecule has 0 saturated carbocycles. The summed E-state index contributed by atoms with van der Waals surface area (Å²) < 4.78 is 2.52. The first-order chi connectivity index (χ1) is 10.6. The molecule has 0 atom stereocenters. The molecule has 126 valence electrons. The Kier molecular flexibility index (Phi) is 6.46. The summed E-state index contributed by atoms with van der Waals surface area (Å²) in [6, 6.07) is 10.8. The lowest BCUT2D eigenvalue weighted by atomic mass is 9.92. The van der Waals surface area contributed by atoms with Crippen LogP contribution in [-0.2, 0) is 6.42 Å². The van der Waals surface area contributed by atoms with Crippen molar-refractivity contribution in [1.29, 1.82) is 0 Å². The molecule has 0 spiro atoms. The predicted octanol–water partition coefficient (Wildman–Crippen LogP) is 0.869. The van der Waals surface area contributed by atoms with Crippen LogP contribution in [0.2, 0.25) is 0 Å². The van der Waals surface area contributed by atoms with Gasteiger partial charge >= 0.3 is 0 Å². The minimum Gasteiger partial charge on any atom is -1.00 e. The molecule has 0 unspecified atom stereocenters. The predicted molar refractivity (Wildman–Crippen MR) is 93.5 cm³/mol. The van der Waals surface area contributed by atoms with Crippen LogP contribution in [0, 0.1) is 0 Å². The zero-order valence-corrected chi connectivity index (χ0v) is 16.1. The van der Waals surface area contributed by atoms with Gasteiger partial charge in [-0.25, -0.2) is 4.58 Å². The summed E-state index contributed by atoms with van der Waals surface area (Å²) in [6.45, 7) is 8.36. The van der Waals surface area contributed by atoms with Crippen LogP contribution < -0.4 is 17.0 Å². The fourth-order valence-corrected chi connectivity index (χ4v) is 3.65. The van der Waals surface area contributed by atoms with Gasteiger partial charge in [-0.3, -0.25) is 0 Å². The van der Waals surface area contributed by atoms with E-state index in [-0.39, 0.29) is 22.5 Å². The Balaban J connectivity index is 0.00000192. The summed E-state index contributed by atoms with van der Waals surface area (Å²) in [5, 5.41) is 0. The standard InChI is InChI=1S/C20H29N2.BrH/c1-20(2)17-19(21-13-7-4-8-14-21)12-16-22(20)15-11-18-9-5-3-6-10-18;/h3,5-6,9-10,12,16H,4,7-8,11,13-15,17H2,1-2H3;1H/q+1;/p-1. The Hall–Kier alpha value is -1.09. The SMILES string of the molecule is CC1(C)CC(N2CCCCC2)=CC=[N+]1CCc1ccccc1.[Br-].